The van der Waals surface area contributed by atoms with Crippen molar-refractivity contribution in [3.05, 3.63) is 29.3 Å². The number of nitrogens with zero attached hydrogens (tertiary/aromatic N) is 2. The quantitative estimate of drug-likeness (QED) is 0.926. The van der Waals surface area contributed by atoms with E-state index in [1.807, 2.05) is 13.8 Å². The molecule has 1 aliphatic rings. The first-order chi connectivity index (χ1) is 9.42. The van der Waals surface area contributed by atoms with E-state index in [4.69, 9.17) is 5.26 Å². The van der Waals surface area contributed by atoms with Crippen LogP contribution in [0.1, 0.15) is 38.7 Å². The van der Waals surface area contributed by atoms with Crippen LogP contribution in [0.2, 0.25) is 0 Å². The Kier molecular flexibility index (Phi) is 3.96. The fraction of sp³-hybridized carbons (Fsp3) is 0.533. The predicted octanol–water partition coefficient (Wildman–Crippen LogP) is 2.97. The van der Waals surface area contributed by atoms with Crippen LogP contribution in [0.4, 0.5) is 14.5 Å². The van der Waals surface area contributed by atoms with Crippen LogP contribution >= 0.6 is 0 Å². The summed E-state index contributed by atoms with van der Waals surface area (Å²) in [6, 6.07) is 3.62. The summed E-state index contributed by atoms with van der Waals surface area (Å²) < 4.78 is 27.4. The molecule has 0 bridgehead atoms. The summed E-state index contributed by atoms with van der Waals surface area (Å²) in [6.45, 7) is 4.40. The van der Waals surface area contributed by atoms with Crippen molar-refractivity contribution >= 4 is 5.69 Å². The van der Waals surface area contributed by atoms with Crippen LogP contribution in [0, 0.1) is 23.0 Å². The van der Waals surface area contributed by atoms with Crippen LogP contribution in [0.25, 0.3) is 0 Å². The standard InChI is InChI=1S/C15H18F2N2O/c1-3-4-15(20)5-6-19(10(15)2)11-7-13(16)12(9-18)14(17)8-11/h7-8,10,20H,3-6H2,1-2H3. The second kappa shape index (κ2) is 5.37. The molecule has 1 heterocycles. The highest BCUT2D eigenvalue weighted by Crippen LogP contribution is 2.36. The first kappa shape index (κ1) is 14.7. The van der Waals surface area contributed by atoms with Gasteiger partial charge in [-0.15, -0.1) is 0 Å². The molecule has 0 aromatic heterocycles. The molecule has 108 valence electrons. The molecule has 2 unspecified atom stereocenters. The predicted molar refractivity (Wildman–Crippen MR) is 72.4 cm³/mol. The summed E-state index contributed by atoms with van der Waals surface area (Å²) in [7, 11) is 0. The van der Waals surface area contributed by atoms with Gasteiger partial charge in [0, 0.05) is 12.2 Å². The van der Waals surface area contributed by atoms with Crippen LogP contribution in [0.5, 0.6) is 0 Å². The van der Waals surface area contributed by atoms with Gasteiger partial charge >= 0.3 is 0 Å². The minimum absolute atomic E-state index is 0.214. The lowest BCUT2D eigenvalue weighted by Crippen LogP contribution is -2.42. The fourth-order valence-corrected chi connectivity index (χ4v) is 2.96. The summed E-state index contributed by atoms with van der Waals surface area (Å²) in [6.07, 6.45) is 2.09. The number of halogens is 2. The molecule has 1 aromatic rings. The lowest BCUT2D eigenvalue weighted by molar-refractivity contribution is 0.0273. The van der Waals surface area contributed by atoms with Crippen LogP contribution in [0.15, 0.2) is 12.1 Å². The number of nitriles is 1. The SMILES string of the molecule is CCCC1(O)CCN(c2cc(F)c(C#N)c(F)c2)C1C. The summed E-state index contributed by atoms with van der Waals surface area (Å²) >= 11 is 0. The maximum Gasteiger partial charge on any atom is 0.146 e. The van der Waals surface area contributed by atoms with E-state index in [9.17, 15) is 13.9 Å². The average Bonchev–Trinajstić information content (AvgIpc) is 2.66. The zero-order valence-corrected chi connectivity index (χ0v) is 11.7. The van der Waals surface area contributed by atoms with Crippen LogP contribution in [-0.2, 0) is 0 Å². The Morgan fingerprint density at radius 3 is 2.55 bits per heavy atom. The van der Waals surface area contributed by atoms with E-state index in [-0.39, 0.29) is 6.04 Å². The Labute approximate surface area is 117 Å². The molecule has 2 atom stereocenters. The highest BCUT2D eigenvalue weighted by atomic mass is 19.1. The van der Waals surface area contributed by atoms with E-state index in [2.05, 4.69) is 0 Å². The van der Waals surface area contributed by atoms with Gasteiger partial charge in [0.2, 0.25) is 0 Å². The van der Waals surface area contributed by atoms with Crippen molar-refractivity contribution in [2.75, 3.05) is 11.4 Å². The Morgan fingerprint density at radius 1 is 1.45 bits per heavy atom. The molecular weight excluding hydrogens is 262 g/mol. The maximum atomic E-state index is 13.7. The van der Waals surface area contributed by atoms with E-state index in [0.717, 1.165) is 18.6 Å². The number of hydrogen-bond donors (Lipinski definition) is 1. The van der Waals surface area contributed by atoms with Gasteiger partial charge in [0.15, 0.2) is 0 Å². The number of anilines is 1. The molecule has 0 amide bonds. The van der Waals surface area contributed by atoms with Crippen molar-refractivity contribution in [1.82, 2.24) is 0 Å². The van der Waals surface area contributed by atoms with E-state index >= 15 is 0 Å². The zero-order valence-electron chi connectivity index (χ0n) is 11.7. The van der Waals surface area contributed by atoms with Gasteiger partial charge in [-0.3, -0.25) is 0 Å². The van der Waals surface area contributed by atoms with Crippen molar-refractivity contribution < 1.29 is 13.9 Å². The van der Waals surface area contributed by atoms with Gasteiger partial charge in [0.1, 0.15) is 23.3 Å². The van der Waals surface area contributed by atoms with Gasteiger partial charge in [-0.05, 0) is 31.9 Å². The van der Waals surface area contributed by atoms with Crippen molar-refractivity contribution in [2.24, 2.45) is 0 Å². The lowest BCUT2D eigenvalue weighted by Gasteiger charge is -2.32. The molecule has 1 aliphatic heterocycles. The average molecular weight is 280 g/mol. The molecule has 1 fully saturated rings. The fourth-order valence-electron chi connectivity index (χ4n) is 2.96. The molecular formula is C15H18F2N2O. The van der Waals surface area contributed by atoms with Crippen molar-refractivity contribution in [1.29, 1.82) is 5.26 Å². The number of rotatable bonds is 3. The summed E-state index contributed by atoms with van der Waals surface area (Å²) in [5.74, 6) is -1.72. The molecule has 0 aliphatic carbocycles. The maximum absolute atomic E-state index is 13.7. The van der Waals surface area contributed by atoms with Crippen LogP contribution < -0.4 is 4.90 Å². The number of hydrogen-bond acceptors (Lipinski definition) is 3. The minimum atomic E-state index is -0.861. The molecule has 20 heavy (non-hydrogen) atoms. The van der Waals surface area contributed by atoms with Gasteiger partial charge in [-0.2, -0.15) is 5.26 Å². The van der Waals surface area contributed by atoms with Gasteiger partial charge in [-0.25, -0.2) is 8.78 Å². The Balaban J connectivity index is 2.33. The monoisotopic (exact) mass is 280 g/mol. The molecule has 2 rings (SSSR count). The lowest BCUT2D eigenvalue weighted by atomic mass is 9.90. The molecule has 1 aromatic carbocycles. The molecule has 0 spiro atoms. The highest BCUT2D eigenvalue weighted by Gasteiger charge is 2.42. The second-order valence-corrected chi connectivity index (χ2v) is 5.37. The zero-order chi connectivity index (χ0) is 14.9. The Morgan fingerprint density at radius 2 is 2.05 bits per heavy atom. The number of aliphatic hydroxyl groups is 1. The molecule has 5 heteroatoms. The first-order valence-corrected chi connectivity index (χ1v) is 6.81. The summed E-state index contributed by atoms with van der Waals surface area (Å²) in [5.41, 5.74) is -1.02. The first-order valence-electron chi connectivity index (χ1n) is 6.81. The molecule has 1 N–H and O–H groups in total. The Bertz CT molecular complexity index is 532. The van der Waals surface area contributed by atoms with E-state index in [1.54, 1.807) is 4.90 Å². The normalized spacial score (nSPS) is 25.8. The van der Waals surface area contributed by atoms with Crippen molar-refractivity contribution in [3.63, 3.8) is 0 Å². The molecule has 0 saturated carbocycles. The Hall–Kier alpha value is -1.67. The third kappa shape index (κ3) is 2.36. The molecule has 3 nitrogen and oxygen atoms in total. The van der Waals surface area contributed by atoms with E-state index < -0.39 is 22.8 Å². The minimum Gasteiger partial charge on any atom is -0.388 e. The number of benzene rings is 1. The van der Waals surface area contributed by atoms with Crippen molar-refractivity contribution in [2.45, 2.75) is 44.8 Å². The molecule has 0 radical (unpaired) electrons. The van der Waals surface area contributed by atoms with Crippen LogP contribution in [0.3, 0.4) is 0 Å². The van der Waals surface area contributed by atoms with E-state index in [0.29, 0.717) is 25.1 Å². The topological polar surface area (TPSA) is 47.3 Å². The van der Waals surface area contributed by atoms with Gasteiger partial charge < -0.3 is 10.0 Å². The summed E-state index contributed by atoms with van der Waals surface area (Å²) in [5, 5.41) is 19.2. The largest absolute Gasteiger partial charge is 0.388 e. The third-order valence-corrected chi connectivity index (χ3v) is 4.18. The second-order valence-electron chi connectivity index (χ2n) is 5.37. The van der Waals surface area contributed by atoms with Gasteiger partial charge in [0.25, 0.3) is 0 Å². The highest BCUT2D eigenvalue weighted by molar-refractivity contribution is 5.53. The third-order valence-electron chi connectivity index (χ3n) is 4.18. The smallest absolute Gasteiger partial charge is 0.146 e. The van der Waals surface area contributed by atoms with Crippen molar-refractivity contribution in [3.8, 4) is 6.07 Å². The van der Waals surface area contributed by atoms with Gasteiger partial charge in [-0.1, -0.05) is 13.3 Å². The summed E-state index contributed by atoms with van der Waals surface area (Å²) in [4.78, 5) is 1.79. The van der Waals surface area contributed by atoms with Crippen LogP contribution in [-0.4, -0.2) is 23.3 Å². The molecule has 1 saturated heterocycles. The van der Waals surface area contributed by atoms with Gasteiger partial charge in [0.05, 0.1) is 11.6 Å². The van der Waals surface area contributed by atoms with E-state index in [1.165, 1.54) is 6.07 Å².